The fraction of sp³-hybridized carbons (Fsp3) is 0.364. The molecule has 2 heterocycles. The molecule has 0 N–H and O–H groups in total. The molecule has 0 bridgehead atoms. The van der Waals surface area contributed by atoms with E-state index < -0.39 is 5.82 Å². The van der Waals surface area contributed by atoms with Crippen molar-refractivity contribution < 1.29 is 23.4 Å². The lowest BCUT2D eigenvalue weighted by atomic mass is 10.1. The van der Waals surface area contributed by atoms with Crippen LogP contribution in [0.25, 0.3) is 10.2 Å². The second kappa shape index (κ2) is 10.9. The number of fused-ring (bicyclic) bond motifs is 1. The van der Waals surface area contributed by atoms with Crippen molar-refractivity contribution in [3.05, 3.63) is 47.8 Å². The van der Waals surface area contributed by atoms with Crippen LogP contribution in [0, 0.1) is 5.82 Å². The lowest BCUT2D eigenvalue weighted by Crippen LogP contribution is -2.43. The first-order valence-electron chi connectivity index (χ1n) is 10.0. The number of hydrogen-bond donors (Lipinski definition) is 0. The Morgan fingerprint density at radius 3 is 2.62 bits per heavy atom. The van der Waals surface area contributed by atoms with Gasteiger partial charge in [-0.2, -0.15) is 0 Å². The Morgan fingerprint density at radius 1 is 1.19 bits per heavy atom. The van der Waals surface area contributed by atoms with E-state index in [-0.39, 0.29) is 23.8 Å². The van der Waals surface area contributed by atoms with Crippen LogP contribution in [0.15, 0.2) is 36.4 Å². The fourth-order valence-corrected chi connectivity index (χ4v) is 4.57. The standard InChI is InChI=1S/C22H24FN3O4S.ClH/c1-28-17-7-3-5-15(20(17)29-2)21(27)26(10-9-25-11-13-30-14-12-25)22-24-19-16(23)6-4-8-18(19)31-22;/h3-8H,9-14H2,1-2H3;1H. The Kier molecular flexibility index (Phi) is 8.25. The normalized spacial score (nSPS) is 14.1. The molecule has 3 aromatic rings. The number of benzene rings is 2. The number of carbonyl (C=O) groups is 1. The summed E-state index contributed by atoms with van der Waals surface area (Å²) in [4.78, 5) is 21.9. The van der Waals surface area contributed by atoms with Gasteiger partial charge in [0, 0.05) is 26.2 Å². The molecule has 0 spiro atoms. The Bertz CT molecular complexity index is 1070. The van der Waals surface area contributed by atoms with Gasteiger partial charge >= 0.3 is 0 Å². The molecular formula is C22H25ClFN3O4S. The number of para-hydroxylation sites is 2. The van der Waals surface area contributed by atoms with Crippen LogP contribution in [0.2, 0.25) is 0 Å². The van der Waals surface area contributed by atoms with Crippen molar-refractivity contribution in [1.29, 1.82) is 0 Å². The molecule has 1 amide bonds. The van der Waals surface area contributed by atoms with E-state index in [1.54, 1.807) is 35.2 Å². The first-order chi connectivity index (χ1) is 15.1. The highest BCUT2D eigenvalue weighted by Crippen LogP contribution is 2.35. The summed E-state index contributed by atoms with van der Waals surface area (Å²) >= 11 is 1.29. The Hall–Kier alpha value is -2.46. The average molecular weight is 482 g/mol. The van der Waals surface area contributed by atoms with Gasteiger partial charge in [0.05, 0.1) is 37.7 Å². The summed E-state index contributed by atoms with van der Waals surface area (Å²) in [6.07, 6.45) is 0. The van der Waals surface area contributed by atoms with Crippen molar-refractivity contribution in [3.63, 3.8) is 0 Å². The van der Waals surface area contributed by atoms with Crippen LogP contribution >= 0.6 is 23.7 Å². The molecule has 1 aliphatic heterocycles. The first-order valence-corrected chi connectivity index (χ1v) is 10.8. The van der Waals surface area contributed by atoms with Gasteiger partial charge in [-0.15, -0.1) is 12.4 Å². The number of aromatic nitrogens is 1. The highest BCUT2D eigenvalue weighted by Gasteiger charge is 2.27. The van der Waals surface area contributed by atoms with E-state index >= 15 is 0 Å². The van der Waals surface area contributed by atoms with Crippen LogP contribution in [-0.2, 0) is 4.74 Å². The molecule has 172 valence electrons. The van der Waals surface area contributed by atoms with E-state index in [1.807, 2.05) is 0 Å². The van der Waals surface area contributed by atoms with E-state index in [1.165, 1.54) is 31.6 Å². The summed E-state index contributed by atoms with van der Waals surface area (Å²) in [5, 5.41) is 0.447. The number of nitrogens with zero attached hydrogens (tertiary/aromatic N) is 3. The number of anilines is 1. The van der Waals surface area contributed by atoms with E-state index in [0.29, 0.717) is 53.2 Å². The molecule has 1 saturated heterocycles. The number of ether oxygens (including phenoxy) is 3. The minimum absolute atomic E-state index is 0. The van der Waals surface area contributed by atoms with Crippen LogP contribution in [0.5, 0.6) is 11.5 Å². The lowest BCUT2D eigenvalue weighted by molar-refractivity contribution is 0.0391. The number of methoxy groups -OCH3 is 2. The zero-order valence-corrected chi connectivity index (χ0v) is 19.5. The number of rotatable bonds is 7. The van der Waals surface area contributed by atoms with Crippen LogP contribution in [0.1, 0.15) is 10.4 Å². The van der Waals surface area contributed by atoms with Gasteiger partial charge in [0.1, 0.15) is 11.3 Å². The van der Waals surface area contributed by atoms with Crippen molar-refractivity contribution in [3.8, 4) is 11.5 Å². The number of halogens is 2. The number of morpholine rings is 1. The van der Waals surface area contributed by atoms with Crippen molar-refractivity contribution in [2.75, 3.05) is 58.5 Å². The second-order valence-electron chi connectivity index (χ2n) is 7.03. The number of thiazole rings is 1. The van der Waals surface area contributed by atoms with Crippen LogP contribution in [-0.4, -0.2) is 69.4 Å². The predicted molar refractivity (Wildman–Crippen MR) is 125 cm³/mol. The first kappa shape index (κ1) is 24.2. The predicted octanol–water partition coefficient (Wildman–Crippen LogP) is 3.85. The number of hydrogen-bond acceptors (Lipinski definition) is 7. The molecule has 2 aromatic carbocycles. The Balaban J connectivity index is 0.00000289. The Labute approximate surface area is 196 Å². The summed E-state index contributed by atoms with van der Waals surface area (Å²) in [6.45, 7) is 4.01. The SMILES string of the molecule is COc1cccc(C(=O)N(CCN2CCOCC2)c2nc3c(F)cccc3s2)c1OC.Cl. The molecule has 7 nitrogen and oxygen atoms in total. The van der Waals surface area contributed by atoms with Gasteiger partial charge in [0.2, 0.25) is 0 Å². The molecule has 0 unspecified atom stereocenters. The van der Waals surface area contributed by atoms with E-state index in [9.17, 15) is 9.18 Å². The van der Waals surface area contributed by atoms with Crippen molar-refractivity contribution >= 4 is 45.0 Å². The summed E-state index contributed by atoms with van der Waals surface area (Å²) in [5.74, 6) is 0.151. The summed E-state index contributed by atoms with van der Waals surface area (Å²) in [5.41, 5.74) is 0.632. The Morgan fingerprint density at radius 2 is 1.94 bits per heavy atom. The minimum atomic E-state index is -0.403. The molecule has 4 rings (SSSR count). The molecule has 10 heteroatoms. The monoisotopic (exact) mass is 481 g/mol. The topological polar surface area (TPSA) is 64.1 Å². The quantitative estimate of drug-likeness (QED) is 0.510. The van der Waals surface area contributed by atoms with Crippen LogP contribution < -0.4 is 14.4 Å². The van der Waals surface area contributed by atoms with Gasteiger partial charge in [-0.1, -0.05) is 23.5 Å². The third-order valence-electron chi connectivity index (χ3n) is 5.21. The molecule has 1 aromatic heterocycles. The van der Waals surface area contributed by atoms with Crippen LogP contribution in [0.4, 0.5) is 9.52 Å². The maximum atomic E-state index is 14.3. The zero-order valence-electron chi connectivity index (χ0n) is 17.9. The smallest absolute Gasteiger partial charge is 0.264 e. The lowest BCUT2D eigenvalue weighted by Gasteiger charge is -2.29. The highest BCUT2D eigenvalue weighted by atomic mass is 35.5. The van der Waals surface area contributed by atoms with Gasteiger partial charge < -0.3 is 14.2 Å². The zero-order chi connectivity index (χ0) is 21.8. The molecule has 0 radical (unpaired) electrons. The summed E-state index contributed by atoms with van der Waals surface area (Å²) < 4.78 is 31.2. The maximum Gasteiger partial charge on any atom is 0.264 e. The molecule has 0 atom stereocenters. The molecule has 0 saturated carbocycles. The minimum Gasteiger partial charge on any atom is -0.493 e. The molecule has 0 aliphatic carbocycles. The molecule has 1 aliphatic rings. The van der Waals surface area contributed by atoms with Crippen molar-refractivity contribution in [2.45, 2.75) is 0 Å². The van der Waals surface area contributed by atoms with Gasteiger partial charge in [0.15, 0.2) is 16.6 Å². The van der Waals surface area contributed by atoms with Gasteiger partial charge in [0.25, 0.3) is 5.91 Å². The van der Waals surface area contributed by atoms with Gasteiger partial charge in [-0.3, -0.25) is 14.6 Å². The maximum absolute atomic E-state index is 14.3. The van der Waals surface area contributed by atoms with E-state index in [4.69, 9.17) is 14.2 Å². The van der Waals surface area contributed by atoms with Gasteiger partial charge in [-0.25, -0.2) is 9.37 Å². The largest absolute Gasteiger partial charge is 0.493 e. The number of carbonyl (C=O) groups excluding carboxylic acids is 1. The average Bonchev–Trinajstić information content (AvgIpc) is 3.24. The van der Waals surface area contributed by atoms with Crippen molar-refractivity contribution in [1.82, 2.24) is 9.88 Å². The fourth-order valence-electron chi connectivity index (χ4n) is 3.57. The third kappa shape index (κ3) is 4.96. The van der Waals surface area contributed by atoms with Gasteiger partial charge in [-0.05, 0) is 24.3 Å². The molecule has 1 fully saturated rings. The van der Waals surface area contributed by atoms with Crippen molar-refractivity contribution in [2.24, 2.45) is 0 Å². The van der Waals surface area contributed by atoms with E-state index in [0.717, 1.165) is 13.1 Å². The molecule has 32 heavy (non-hydrogen) atoms. The third-order valence-corrected chi connectivity index (χ3v) is 6.26. The van der Waals surface area contributed by atoms with Crippen LogP contribution in [0.3, 0.4) is 0 Å². The highest BCUT2D eigenvalue weighted by molar-refractivity contribution is 7.22. The summed E-state index contributed by atoms with van der Waals surface area (Å²) in [6, 6.07) is 9.99. The summed E-state index contributed by atoms with van der Waals surface area (Å²) in [7, 11) is 3.03. The second-order valence-corrected chi connectivity index (χ2v) is 8.04. The van der Waals surface area contributed by atoms with E-state index in [2.05, 4.69) is 9.88 Å². The molecular weight excluding hydrogens is 457 g/mol. The number of amides is 1.